The molecule has 7 nitrogen and oxygen atoms in total. The van der Waals surface area contributed by atoms with Crippen LogP contribution < -0.4 is 0 Å². The van der Waals surface area contributed by atoms with Gasteiger partial charge in [0.25, 0.3) is 5.91 Å². The number of hydrogen-bond donors (Lipinski definition) is 0. The van der Waals surface area contributed by atoms with Crippen molar-refractivity contribution in [3.63, 3.8) is 0 Å². The second-order valence-electron chi connectivity index (χ2n) is 7.73. The largest absolute Gasteiger partial charge is 0.334 e. The summed E-state index contributed by atoms with van der Waals surface area (Å²) in [6.07, 6.45) is 3.79. The number of carbonyl (C=O) groups is 1. The molecule has 1 atom stereocenters. The van der Waals surface area contributed by atoms with Crippen LogP contribution in [0.15, 0.2) is 18.5 Å². The van der Waals surface area contributed by atoms with E-state index in [-0.39, 0.29) is 35.4 Å². The van der Waals surface area contributed by atoms with Gasteiger partial charge in [-0.15, -0.1) is 0 Å². The van der Waals surface area contributed by atoms with E-state index in [0.29, 0.717) is 18.5 Å². The number of aromatic nitrogens is 3. The Labute approximate surface area is 154 Å². The van der Waals surface area contributed by atoms with Crippen LogP contribution in [0.25, 0.3) is 11.0 Å². The van der Waals surface area contributed by atoms with Crippen molar-refractivity contribution in [3.8, 4) is 0 Å². The van der Waals surface area contributed by atoms with Gasteiger partial charge in [0, 0.05) is 30.2 Å². The van der Waals surface area contributed by atoms with E-state index in [1.807, 2.05) is 32.4 Å². The second-order valence-corrected chi connectivity index (χ2v) is 9.96. The molecule has 1 aliphatic rings. The van der Waals surface area contributed by atoms with Crippen LogP contribution in [-0.4, -0.2) is 58.1 Å². The van der Waals surface area contributed by atoms with Gasteiger partial charge in [0.2, 0.25) is 0 Å². The summed E-state index contributed by atoms with van der Waals surface area (Å²) in [6, 6.07) is 1.72. The number of amides is 1. The van der Waals surface area contributed by atoms with Gasteiger partial charge in [-0.25, -0.2) is 18.1 Å². The van der Waals surface area contributed by atoms with Crippen LogP contribution in [0.5, 0.6) is 0 Å². The summed E-state index contributed by atoms with van der Waals surface area (Å²) in [5, 5.41) is 5.15. The van der Waals surface area contributed by atoms with Crippen LogP contribution in [0.1, 0.15) is 50.5 Å². The highest BCUT2D eigenvalue weighted by molar-refractivity contribution is 7.91. The van der Waals surface area contributed by atoms with Gasteiger partial charge in [-0.1, -0.05) is 13.8 Å². The highest BCUT2D eigenvalue weighted by Crippen LogP contribution is 2.23. The molecule has 0 saturated carbocycles. The number of hydrogen-bond acceptors (Lipinski definition) is 5. The van der Waals surface area contributed by atoms with Crippen LogP contribution in [0.2, 0.25) is 0 Å². The molecule has 2 aromatic rings. The first kappa shape index (κ1) is 18.8. The maximum atomic E-state index is 13.1. The van der Waals surface area contributed by atoms with E-state index < -0.39 is 9.84 Å². The lowest BCUT2D eigenvalue weighted by atomic mass is 10.1. The van der Waals surface area contributed by atoms with E-state index >= 15 is 0 Å². The van der Waals surface area contributed by atoms with Crippen molar-refractivity contribution < 1.29 is 13.2 Å². The molecule has 8 heteroatoms. The summed E-state index contributed by atoms with van der Waals surface area (Å²) in [6.45, 7) is 8.63. The van der Waals surface area contributed by atoms with Crippen molar-refractivity contribution in [3.05, 3.63) is 24.0 Å². The topological polar surface area (TPSA) is 85.2 Å². The Hall–Kier alpha value is -1.96. The molecule has 2 aromatic heterocycles. The Morgan fingerprint density at radius 1 is 1.31 bits per heavy atom. The second kappa shape index (κ2) is 6.98. The highest BCUT2D eigenvalue weighted by atomic mass is 32.2. The molecule has 0 N–H and O–H groups in total. The molecule has 1 aliphatic heterocycles. The molecular weight excluding hydrogens is 352 g/mol. The SMILES string of the molecule is CC(C)CN(C(=O)c1cnc2c(cnn2C(C)C)c1)[C@@H]1CCS(=O)(=O)C1. The van der Waals surface area contributed by atoms with Crippen LogP contribution in [0, 0.1) is 5.92 Å². The number of nitrogens with zero attached hydrogens (tertiary/aromatic N) is 4. The zero-order valence-corrected chi connectivity index (χ0v) is 16.5. The normalized spacial score (nSPS) is 19.5. The molecule has 0 spiro atoms. The molecule has 1 amide bonds. The molecule has 142 valence electrons. The van der Waals surface area contributed by atoms with Crippen LogP contribution in [-0.2, 0) is 9.84 Å². The average Bonchev–Trinajstić information content (AvgIpc) is 3.14. The van der Waals surface area contributed by atoms with E-state index in [1.54, 1.807) is 23.4 Å². The van der Waals surface area contributed by atoms with Gasteiger partial charge in [0.1, 0.15) is 0 Å². The lowest BCUT2D eigenvalue weighted by molar-refractivity contribution is 0.0672. The predicted molar refractivity (Wildman–Crippen MR) is 101 cm³/mol. The fourth-order valence-corrected chi connectivity index (χ4v) is 5.14. The maximum absolute atomic E-state index is 13.1. The first-order chi connectivity index (χ1) is 12.2. The van der Waals surface area contributed by atoms with Crippen LogP contribution >= 0.6 is 0 Å². The Morgan fingerprint density at radius 2 is 2.04 bits per heavy atom. The van der Waals surface area contributed by atoms with Gasteiger partial charge in [0.15, 0.2) is 15.5 Å². The van der Waals surface area contributed by atoms with Gasteiger partial charge in [-0.2, -0.15) is 5.10 Å². The molecule has 0 aromatic carbocycles. The lowest BCUT2D eigenvalue weighted by Gasteiger charge is -2.30. The minimum atomic E-state index is -3.06. The summed E-state index contributed by atoms with van der Waals surface area (Å²) in [5.41, 5.74) is 1.22. The molecule has 1 saturated heterocycles. The summed E-state index contributed by atoms with van der Waals surface area (Å²) in [7, 11) is -3.06. The summed E-state index contributed by atoms with van der Waals surface area (Å²) in [5.74, 6) is 0.292. The number of pyridine rings is 1. The monoisotopic (exact) mass is 378 g/mol. The number of fused-ring (bicyclic) bond motifs is 1. The summed E-state index contributed by atoms with van der Waals surface area (Å²) < 4.78 is 25.6. The number of carbonyl (C=O) groups excluding carboxylic acids is 1. The smallest absolute Gasteiger partial charge is 0.255 e. The third-order valence-electron chi connectivity index (χ3n) is 4.64. The first-order valence-electron chi connectivity index (χ1n) is 9.02. The molecule has 3 heterocycles. The molecule has 0 aliphatic carbocycles. The Morgan fingerprint density at radius 3 is 2.62 bits per heavy atom. The molecule has 0 bridgehead atoms. The molecular formula is C18H26N4O3S. The summed E-state index contributed by atoms with van der Waals surface area (Å²) >= 11 is 0. The Bertz CT molecular complexity index is 918. The lowest BCUT2D eigenvalue weighted by Crippen LogP contribution is -2.43. The minimum absolute atomic E-state index is 0.0480. The molecule has 26 heavy (non-hydrogen) atoms. The molecule has 3 rings (SSSR count). The maximum Gasteiger partial charge on any atom is 0.255 e. The Kier molecular flexibility index (Phi) is 5.05. The number of sulfone groups is 1. The van der Waals surface area contributed by atoms with Gasteiger partial charge in [-0.3, -0.25) is 4.79 Å². The molecule has 1 fully saturated rings. The first-order valence-corrected chi connectivity index (χ1v) is 10.8. The van der Waals surface area contributed by atoms with Gasteiger partial charge in [-0.05, 0) is 32.3 Å². The fraction of sp³-hybridized carbons (Fsp3) is 0.611. The van der Waals surface area contributed by atoms with Gasteiger partial charge >= 0.3 is 0 Å². The fourth-order valence-electron chi connectivity index (χ4n) is 3.41. The van der Waals surface area contributed by atoms with Gasteiger partial charge in [0.05, 0.1) is 23.3 Å². The van der Waals surface area contributed by atoms with Crippen molar-refractivity contribution in [2.24, 2.45) is 5.92 Å². The zero-order valence-electron chi connectivity index (χ0n) is 15.7. The predicted octanol–water partition coefficient (Wildman–Crippen LogP) is 2.30. The van der Waals surface area contributed by atoms with Crippen molar-refractivity contribution in [2.45, 2.75) is 46.2 Å². The average molecular weight is 378 g/mol. The van der Waals surface area contributed by atoms with Crippen LogP contribution in [0.4, 0.5) is 0 Å². The standard InChI is InChI=1S/C18H26N4O3S/c1-12(2)10-21(16-5-6-26(24,25)11-16)18(23)15-7-14-9-20-22(13(3)4)17(14)19-8-15/h7-9,12-13,16H,5-6,10-11H2,1-4H3/t16-/m1/s1. The van der Waals surface area contributed by atoms with E-state index in [2.05, 4.69) is 10.1 Å². The Balaban J connectivity index is 1.92. The van der Waals surface area contributed by atoms with Crippen molar-refractivity contribution in [1.29, 1.82) is 0 Å². The highest BCUT2D eigenvalue weighted by Gasteiger charge is 2.35. The third-order valence-corrected chi connectivity index (χ3v) is 6.39. The van der Waals surface area contributed by atoms with Crippen LogP contribution in [0.3, 0.4) is 0 Å². The van der Waals surface area contributed by atoms with Crippen molar-refractivity contribution in [2.75, 3.05) is 18.1 Å². The number of rotatable bonds is 5. The minimum Gasteiger partial charge on any atom is -0.334 e. The van der Waals surface area contributed by atoms with E-state index in [9.17, 15) is 13.2 Å². The van der Waals surface area contributed by atoms with E-state index in [1.165, 1.54) is 0 Å². The van der Waals surface area contributed by atoms with Crippen molar-refractivity contribution in [1.82, 2.24) is 19.7 Å². The molecule has 0 radical (unpaired) electrons. The molecule has 0 unspecified atom stereocenters. The quantitative estimate of drug-likeness (QED) is 0.797. The van der Waals surface area contributed by atoms with Gasteiger partial charge < -0.3 is 4.90 Å². The van der Waals surface area contributed by atoms with E-state index in [4.69, 9.17) is 0 Å². The third kappa shape index (κ3) is 3.75. The summed E-state index contributed by atoms with van der Waals surface area (Å²) in [4.78, 5) is 19.3. The zero-order chi connectivity index (χ0) is 19.1. The van der Waals surface area contributed by atoms with Crippen molar-refractivity contribution >= 4 is 26.8 Å². The van der Waals surface area contributed by atoms with E-state index in [0.717, 1.165) is 11.0 Å².